The van der Waals surface area contributed by atoms with Gasteiger partial charge in [0.2, 0.25) is 21.8 Å². The Kier molecular flexibility index (Phi) is 10.3. The molecule has 3 atom stereocenters. The minimum Gasteiger partial charge on any atom is -0.488 e. The van der Waals surface area contributed by atoms with E-state index in [0.29, 0.717) is 49.7 Å². The monoisotopic (exact) mass is 540 g/mol. The van der Waals surface area contributed by atoms with Crippen molar-refractivity contribution in [2.75, 3.05) is 71.2 Å². The molecule has 2 aliphatic heterocycles. The fraction of sp³-hybridized carbons (Fsp3) is 0.680. The first-order chi connectivity index (χ1) is 17.5. The topological polar surface area (TPSA) is 129 Å². The molecule has 0 aromatic heterocycles. The van der Waals surface area contributed by atoms with Gasteiger partial charge in [-0.3, -0.25) is 14.5 Å². The number of sulfonamides is 1. The first kappa shape index (κ1) is 29.3. The summed E-state index contributed by atoms with van der Waals surface area (Å²) in [5.74, 6) is -0.0469. The summed E-state index contributed by atoms with van der Waals surface area (Å²) in [6, 6.07) is 4.76. The number of likely N-dealkylation sites (N-methyl/N-ethyl adjacent to an activating group) is 1. The van der Waals surface area contributed by atoms with Crippen molar-refractivity contribution in [2.24, 2.45) is 5.92 Å². The summed E-state index contributed by atoms with van der Waals surface area (Å²) in [5, 5.41) is 12.7. The molecule has 1 aromatic rings. The Hall–Kier alpha value is -2.25. The predicted octanol–water partition coefficient (Wildman–Crippen LogP) is 0.388. The number of ether oxygens (including phenoxy) is 2. The van der Waals surface area contributed by atoms with Gasteiger partial charge < -0.3 is 24.8 Å². The molecular formula is C25H40N4O7S. The zero-order chi connectivity index (χ0) is 27.2. The van der Waals surface area contributed by atoms with Gasteiger partial charge in [-0.15, -0.1) is 0 Å². The highest BCUT2D eigenvalue weighted by atomic mass is 32.2. The van der Waals surface area contributed by atoms with Gasteiger partial charge in [0.15, 0.2) is 0 Å². The number of aliphatic hydroxyl groups excluding tert-OH is 1. The van der Waals surface area contributed by atoms with Crippen molar-refractivity contribution in [2.45, 2.75) is 38.8 Å². The molecule has 208 valence electrons. The number of amides is 2. The number of rotatable bonds is 9. The number of aliphatic hydroxyl groups is 1. The van der Waals surface area contributed by atoms with E-state index in [0.717, 1.165) is 19.3 Å². The van der Waals surface area contributed by atoms with E-state index < -0.39 is 22.2 Å². The van der Waals surface area contributed by atoms with Crippen molar-refractivity contribution < 1.29 is 32.6 Å². The lowest BCUT2D eigenvalue weighted by atomic mass is 10.0. The number of fused-ring (bicyclic) bond motifs is 1. The van der Waals surface area contributed by atoms with Gasteiger partial charge in [0.1, 0.15) is 11.9 Å². The van der Waals surface area contributed by atoms with Crippen LogP contribution in [0, 0.1) is 5.92 Å². The predicted molar refractivity (Wildman–Crippen MR) is 140 cm³/mol. The van der Waals surface area contributed by atoms with Crippen molar-refractivity contribution in [1.29, 1.82) is 0 Å². The average Bonchev–Trinajstić information content (AvgIpc) is 2.90. The summed E-state index contributed by atoms with van der Waals surface area (Å²) < 4.78 is 37.0. The average molecular weight is 541 g/mol. The highest BCUT2D eigenvalue weighted by Gasteiger charge is 2.32. The van der Waals surface area contributed by atoms with Gasteiger partial charge in [0.05, 0.1) is 45.1 Å². The van der Waals surface area contributed by atoms with Crippen molar-refractivity contribution in [3.05, 3.63) is 23.8 Å². The number of benzene rings is 1. The zero-order valence-corrected chi connectivity index (χ0v) is 23.0. The van der Waals surface area contributed by atoms with E-state index in [-0.39, 0.29) is 37.3 Å². The molecule has 11 nitrogen and oxygen atoms in total. The summed E-state index contributed by atoms with van der Waals surface area (Å²) in [6.45, 7) is 7.49. The van der Waals surface area contributed by atoms with Crippen LogP contribution in [0.15, 0.2) is 18.2 Å². The van der Waals surface area contributed by atoms with Gasteiger partial charge in [0, 0.05) is 56.8 Å². The Morgan fingerprint density at radius 2 is 2.00 bits per heavy atom. The zero-order valence-electron chi connectivity index (χ0n) is 22.2. The normalized spacial score (nSPS) is 22.4. The van der Waals surface area contributed by atoms with E-state index in [1.165, 1.54) is 11.4 Å². The number of morpholine rings is 1. The molecule has 2 amide bonds. The number of anilines is 1. The lowest BCUT2D eigenvalue weighted by Crippen LogP contribution is -2.48. The molecule has 0 aliphatic carbocycles. The highest BCUT2D eigenvalue weighted by molar-refractivity contribution is 7.88. The quantitative estimate of drug-likeness (QED) is 0.460. The van der Waals surface area contributed by atoms with E-state index in [1.807, 2.05) is 6.92 Å². The molecule has 0 bridgehead atoms. The van der Waals surface area contributed by atoms with E-state index in [4.69, 9.17) is 9.47 Å². The van der Waals surface area contributed by atoms with Gasteiger partial charge in [-0.05, 0) is 25.1 Å². The third-order valence-corrected chi connectivity index (χ3v) is 8.24. The smallest absolute Gasteiger partial charge is 0.227 e. The number of nitrogens with one attached hydrogen (secondary N) is 1. The van der Waals surface area contributed by atoms with Gasteiger partial charge >= 0.3 is 0 Å². The van der Waals surface area contributed by atoms with Crippen molar-refractivity contribution in [3.8, 4) is 5.75 Å². The van der Waals surface area contributed by atoms with Crippen LogP contribution in [0.3, 0.4) is 0 Å². The number of nitrogens with zero attached hydrogens (tertiary/aromatic N) is 3. The molecule has 1 fully saturated rings. The summed E-state index contributed by atoms with van der Waals surface area (Å²) in [4.78, 5) is 29.7. The maximum Gasteiger partial charge on any atom is 0.227 e. The largest absolute Gasteiger partial charge is 0.488 e. The fourth-order valence-corrected chi connectivity index (χ4v) is 4.84. The molecule has 2 aliphatic rings. The van der Waals surface area contributed by atoms with Crippen molar-refractivity contribution in [3.63, 3.8) is 0 Å². The summed E-state index contributed by atoms with van der Waals surface area (Å²) in [6.07, 6.45) is 0.967. The van der Waals surface area contributed by atoms with E-state index >= 15 is 0 Å². The molecule has 3 rings (SSSR count). The number of hydrogen-bond acceptors (Lipinski definition) is 8. The van der Waals surface area contributed by atoms with Gasteiger partial charge in [-0.2, -0.15) is 0 Å². The standard InChI is InChI=1S/C25H40N4O7S/c1-18-15-29(19(2)17-30)25(32)14-20-13-21(26-24(31)7-8-28-9-11-35-12-10-28)5-6-22(20)36-23(18)16-27(3)37(4,33)34/h5-6,13,18-19,23,30H,7-12,14-17H2,1-4H3,(H,26,31)/t18-,19-,23+/m1/s1. The minimum atomic E-state index is -3.44. The second-order valence-electron chi connectivity index (χ2n) is 10.0. The van der Waals surface area contributed by atoms with Crippen LogP contribution in [-0.4, -0.2) is 117 Å². The molecule has 1 aromatic carbocycles. The lowest BCUT2D eigenvalue weighted by molar-refractivity contribution is -0.134. The first-order valence-corrected chi connectivity index (χ1v) is 14.5. The molecule has 0 radical (unpaired) electrons. The lowest BCUT2D eigenvalue weighted by Gasteiger charge is -2.33. The van der Waals surface area contributed by atoms with Crippen molar-refractivity contribution >= 4 is 27.5 Å². The molecule has 2 N–H and O–H groups in total. The molecule has 0 saturated carbocycles. The number of carbonyl (C=O) groups excluding carboxylic acids is 2. The maximum absolute atomic E-state index is 13.3. The maximum atomic E-state index is 13.3. The molecule has 12 heteroatoms. The Labute approximate surface area is 219 Å². The van der Waals surface area contributed by atoms with E-state index in [1.54, 1.807) is 30.0 Å². The highest BCUT2D eigenvalue weighted by Crippen LogP contribution is 2.29. The van der Waals surface area contributed by atoms with E-state index in [9.17, 15) is 23.1 Å². The molecule has 2 heterocycles. The Morgan fingerprint density at radius 3 is 2.65 bits per heavy atom. The summed E-state index contributed by atoms with van der Waals surface area (Å²) >= 11 is 0. The van der Waals surface area contributed by atoms with Gasteiger partial charge in [-0.1, -0.05) is 6.92 Å². The SMILES string of the molecule is C[C@@H]1CN([C@H](C)CO)C(=O)Cc2cc(NC(=O)CCN3CCOCC3)ccc2O[C@H]1CN(C)S(C)(=O)=O. The number of hydrogen-bond donors (Lipinski definition) is 2. The molecule has 0 spiro atoms. The third-order valence-electron chi connectivity index (χ3n) is 6.96. The van der Waals surface area contributed by atoms with Gasteiger partial charge in [0.25, 0.3) is 0 Å². The third kappa shape index (κ3) is 8.37. The van der Waals surface area contributed by atoms with Crippen LogP contribution in [0.5, 0.6) is 5.75 Å². The van der Waals surface area contributed by atoms with Crippen molar-refractivity contribution in [1.82, 2.24) is 14.1 Å². The first-order valence-electron chi connectivity index (χ1n) is 12.7. The molecule has 0 unspecified atom stereocenters. The summed E-state index contributed by atoms with van der Waals surface area (Å²) in [5.41, 5.74) is 1.15. The van der Waals surface area contributed by atoms with Crippen LogP contribution in [0.4, 0.5) is 5.69 Å². The molecule has 1 saturated heterocycles. The van der Waals surface area contributed by atoms with Crippen LogP contribution in [0.1, 0.15) is 25.8 Å². The number of carbonyl (C=O) groups is 2. The molecular weight excluding hydrogens is 500 g/mol. The second-order valence-corrected chi connectivity index (χ2v) is 12.1. The minimum absolute atomic E-state index is 0.0263. The summed E-state index contributed by atoms with van der Waals surface area (Å²) in [7, 11) is -1.94. The Bertz CT molecular complexity index is 1050. The van der Waals surface area contributed by atoms with Crippen LogP contribution >= 0.6 is 0 Å². The van der Waals surface area contributed by atoms with Crippen LogP contribution in [-0.2, 0) is 30.8 Å². The van der Waals surface area contributed by atoms with Gasteiger partial charge in [-0.25, -0.2) is 12.7 Å². The van der Waals surface area contributed by atoms with E-state index in [2.05, 4.69) is 10.2 Å². The Balaban J connectivity index is 1.81. The molecule has 37 heavy (non-hydrogen) atoms. The van der Waals surface area contributed by atoms with Crippen LogP contribution < -0.4 is 10.1 Å². The van der Waals surface area contributed by atoms with Crippen LogP contribution in [0.2, 0.25) is 0 Å². The second kappa shape index (κ2) is 13.0. The Morgan fingerprint density at radius 1 is 1.30 bits per heavy atom. The fourth-order valence-electron chi connectivity index (χ4n) is 4.42. The van der Waals surface area contributed by atoms with Crippen LogP contribution in [0.25, 0.3) is 0 Å².